The zero-order valence-corrected chi connectivity index (χ0v) is 11.0. The van der Waals surface area contributed by atoms with Crippen molar-refractivity contribution in [1.29, 1.82) is 0 Å². The molecule has 92 valence electrons. The molecule has 1 atom stereocenters. The summed E-state index contributed by atoms with van der Waals surface area (Å²) in [7, 11) is 0. The van der Waals surface area contributed by atoms with Crippen LogP contribution in [0.5, 0.6) is 0 Å². The summed E-state index contributed by atoms with van der Waals surface area (Å²) in [5, 5.41) is 0. The minimum Gasteiger partial charge on any atom is -0.318 e. The number of aryl methyl sites for hydroxylation is 3. The summed E-state index contributed by atoms with van der Waals surface area (Å²) in [5.74, 6) is 0. The molecule has 0 radical (unpaired) electrons. The monoisotopic (exact) mass is 237 g/mol. The molecule has 0 amide bonds. The number of hydrogen-bond donors (Lipinski definition) is 1. The average molecular weight is 237 g/mol. The third kappa shape index (κ3) is 1.58. The fourth-order valence-electron chi connectivity index (χ4n) is 3.23. The molecular formula is C17H19N. The second-order valence-corrected chi connectivity index (χ2v) is 5.45. The van der Waals surface area contributed by atoms with E-state index in [2.05, 4.69) is 56.3 Å². The van der Waals surface area contributed by atoms with Gasteiger partial charge in [0.05, 0.1) is 5.54 Å². The first-order chi connectivity index (χ1) is 8.61. The Labute approximate surface area is 109 Å². The van der Waals surface area contributed by atoms with Crippen LogP contribution >= 0.6 is 0 Å². The van der Waals surface area contributed by atoms with Crippen molar-refractivity contribution in [3.63, 3.8) is 0 Å². The van der Waals surface area contributed by atoms with E-state index in [0.717, 1.165) is 12.8 Å². The van der Waals surface area contributed by atoms with Crippen LogP contribution in [0.2, 0.25) is 0 Å². The van der Waals surface area contributed by atoms with Crippen molar-refractivity contribution in [3.8, 4) is 0 Å². The molecule has 1 nitrogen and oxygen atoms in total. The predicted molar refractivity (Wildman–Crippen MR) is 75.6 cm³/mol. The van der Waals surface area contributed by atoms with Gasteiger partial charge in [-0.15, -0.1) is 0 Å². The molecule has 0 spiro atoms. The summed E-state index contributed by atoms with van der Waals surface area (Å²) in [6.07, 6.45) is 2.09. The zero-order valence-electron chi connectivity index (χ0n) is 11.0. The SMILES string of the molecule is Cc1ccc(C2(N)CCc3ccccc32)c(C)c1. The van der Waals surface area contributed by atoms with E-state index in [1.807, 2.05) is 0 Å². The fraction of sp³-hybridized carbons (Fsp3) is 0.294. The zero-order chi connectivity index (χ0) is 12.8. The van der Waals surface area contributed by atoms with E-state index < -0.39 is 0 Å². The van der Waals surface area contributed by atoms with Crippen LogP contribution in [0.1, 0.15) is 34.2 Å². The highest BCUT2D eigenvalue weighted by Crippen LogP contribution is 2.41. The number of nitrogens with two attached hydrogens (primary N) is 1. The van der Waals surface area contributed by atoms with Crippen LogP contribution in [0, 0.1) is 13.8 Å². The van der Waals surface area contributed by atoms with Crippen LogP contribution in [0.4, 0.5) is 0 Å². The van der Waals surface area contributed by atoms with Crippen molar-refractivity contribution >= 4 is 0 Å². The molecule has 0 fully saturated rings. The number of rotatable bonds is 1. The Morgan fingerprint density at radius 2 is 1.78 bits per heavy atom. The lowest BCUT2D eigenvalue weighted by Crippen LogP contribution is -2.36. The van der Waals surface area contributed by atoms with Crippen molar-refractivity contribution in [2.24, 2.45) is 5.73 Å². The highest BCUT2D eigenvalue weighted by molar-refractivity contribution is 5.49. The Morgan fingerprint density at radius 3 is 2.56 bits per heavy atom. The number of hydrogen-bond acceptors (Lipinski definition) is 1. The van der Waals surface area contributed by atoms with E-state index >= 15 is 0 Å². The molecular weight excluding hydrogens is 218 g/mol. The molecule has 1 aliphatic rings. The van der Waals surface area contributed by atoms with Crippen LogP contribution < -0.4 is 5.73 Å². The van der Waals surface area contributed by atoms with Gasteiger partial charge in [0.25, 0.3) is 0 Å². The lowest BCUT2D eigenvalue weighted by molar-refractivity contribution is 0.531. The first-order valence-electron chi connectivity index (χ1n) is 6.56. The van der Waals surface area contributed by atoms with Gasteiger partial charge in [-0.2, -0.15) is 0 Å². The fourth-order valence-corrected chi connectivity index (χ4v) is 3.23. The summed E-state index contributed by atoms with van der Waals surface area (Å²) < 4.78 is 0. The van der Waals surface area contributed by atoms with E-state index in [0.29, 0.717) is 0 Å². The maximum Gasteiger partial charge on any atom is 0.0674 e. The van der Waals surface area contributed by atoms with Crippen LogP contribution in [0.25, 0.3) is 0 Å². The molecule has 0 saturated heterocycles. The lowest BCUT2D eigenvalue weighted by atomic mass is 9.82. The van der Waals surface area contributed by atoms with Crippen molar-refractivity contribution < 1.29 is 0 Å². The van der Waals surface area contributed by atoms with Gasteiger partial charge in [0.2, 0.25) is 0 Å². The summed E-state index contributed by atoms with van der Waals surface area (Å²) in [4.78, 5) is 0. The molecule has 1 heteroatoms. The molecule has 18 heavy (non-hydrogen) atoms. The van der Waals surface area contributed by atoms with E-state index in [1.54, 1.807) is 0 Å². The standard InChI is InChI=1S/C17H19N/c1-12-7-8-15(13(2)11-12)17(18)10-9-14-5-3-4-6-16(14)17/h3-8,11H,9-10,18H2,1-2H3. The minimum atomic E-state index is -0.297. The molecule has 1 aliphatic carbocycles. The maximum absolute atomic E-state index is 6.74. The Morgan fingerprint density at radius 1 is 1.00 bits per heavy atom. The third-order valence-electron chi connectivity index (χ3n) is 4.15. The molecule has 0 heterocycles. The van der Waals surface area contributed by atoms with Gasteiger partial charge in [0.1, 0.15) is 0 Å². The van der Waals surface area contributed by atoms with Crippen molar-refractivity contribution in [2.45, 2.75) is 32.2 Å². The van der Waals surface area contributed by atoms with Crippen molar-refractivity contribution in [2.75, 3.05) is 0 Å². The molecule has 1 unspecified atom stereocenters. The van der Waals surface area contributed by atoms with Crippen molar-refractivity contribution in [1.82, 2.24) is 0 Å². The molecule has 2 aromatic carbocycles. The molecule has 0 saturated carbocycles. The Hall–Kier alpha value is -1.60. The van der Waals surface area contributed by atoms with Gasteiger partial charge in [-0.05, 0) is 48.9 Å². The number of fused-ring (bicyclic) bond motifs is 1. The molecule has 3 rings (SSSR count). The van der Waals surface area contributed by atoms with Crippen LogP contribution in [0.15, 0.2) is 42.5 Å². The van der Waals surface area contributed by atoms with E-state index in [9.17, 15) is 0 Å². The van der Waals surface area contributed by atoms with Gasteiger partial charge in [0, 0.05) is 0 Å². The summed E-state index contributed by atoms with van der Waals surface area (Å²) >= 11 is 0. The first kappa shape index (κ1) is 11.5. The average Bonchev–Trinajstić information content (AvgIpc) is 2.69. The quantitative estimate of drug-likeness (QED) is 0.807. The van der Waals surface area contributed by atoms with E-state index in [-0.39, 0.29) is 5.54 Å². The van der Waals surface area contributed by atoms with Gasteiger partial charge in [-0.3, -0.25) is 0 Å². The highest BCUT2D eigenvalue weighted by Gasteiger charge is 2.37. The normalized spacial score (nSPS) is 21.9. The predicted octanol–water partition coefficient (Wildman–Crippen LogP) is 3.45. The second-order valence-electron chi connectivity index (χ2n) is 5.45. The molecule has 0 bridgehead atoms. The van der Waals surface area contributed by atoms with Crippen LogP contribution in [0.3, 0.4) is 0 Å². The molecule has 2 N–H and O–H groups in total. The molecule has 0 aliphatic heterocycles. The Kier molecular flexibility index (Phi) is 2.53. The topological polar surface area (TPSA) is 26.0 Å². The van der Waals surface area contributed by atoms with E-state index in [1.165, 1.54) is 27.8 Å². The maximum atomic E-state index is 6.74. The van der Waals surface area contributed by atoms with Gasteiger partial charge < -0.3 is 5.73 Å². The van der Waals surface area contributed by atoms with Crippen molar-refractivity contribution in [3.05, 3.63) is 70.3 Å². The third-order valence-corrected chi connectivity index (χ3v) is 4.15. The smallest absolute Gasteiger partial charge is 0.0674 e. The first-order valence-corrected chi connectivity index (χ1v) is 6.56. The largest absolute Gasteiger partial charge is 0.318 e. The van der Waals surface area contributed by atoms with Crippen LogP contribution in [-0.2, 0) is 12.0 Å². The summed E-state index contributed by atoms with van der Waals surface area (Å²) in [6.45, 7) is 4.29. The summed E-state index contributed by atoms with van der Waals surface area (Å²) in [6, 6.07) is 15.2. The molecule has 0 aromatic heterocycles. The van der Waals surface area contributed by atoms with Gasteiger partial charge in [0.15, 0.2) is 0 Å². The lowest BCUT2D eigenvalue weighted by Gasteiger charge is -2.28. The number of benzene rings is 2. The summed E-state index contributed by atoms with van der Waals surface area (Å²) in [5.41, 5.74) is 13.0. The van der Waals surface area contributed by atoms with Gasteiger partial charge >= 0.3 is 0 Å². The second kappa shape index (κ2) is 3.96. The highest BCUT2D eigenvalue weighted by atomic mass is 14.8. The Balaban J connectivity index is 2.17. The van der Waals surface area contributed by atoms with Gasteiger partial charge in [-0.25, -0.2) is 0 Å². The van der Waals surface area contributed by atoms with Gasteiger partial charge in [-0.1, -0.05) is 48.0 Å². The molecule has 2 aromatic rings. The Bertz CT molecular complexity index is 600. The van der Waals surface area contributed by atoms with Crippen LogP contribution in [-0.4, -0.2) is 0 Å². The van der Waals surface area contributed by atoms with E-state index in [4.69, 9.17) is 5.73 Å². The minimum absolute atomic E-state index is 0.297.